The molecule has 1 fully saturated rings. The first-order valence-corrected chi connectivity index (χ1v) is 9.54. The maximum Gasteiger partial charge on any atom is 0.254 e. The molecule has 0 saturated carbocycles. The van der Waals surface area contributed by atoms with Crippen molar-refractivity contribution in [3.63, 3.8) is 0 Å². The molecule has 1 aromatic carbocycles. The molecule has 1 aromatic heterocycles. The number of methoxy groups -OCH3 is 1. The van der Waals surface area contributed by atoms with Gasteiger partial charge in [0.1, 0.15) is 11.6 Å². The molecule has 0 bridgehead atoms. The zero-order valence-corrected chi connectivity index (χ0v) is 16.1. The van der Waals surface area contributed by atoms with Crippen molar-refractivity contribution in [3.05, 3.63) is 53.7 Å². The minimum absolute atomic E-state index is 0.0842. The van der Waals surface area contributed by atoms with E-state index in [0.29, 0.717) is 5.56 Å². The van der Waals surface area contributed by atoms with Crippen LogP contribution in [0, 0.1) is 0 Å². The first-order valence-electron chi connectivity index (χ1n) is 9.54. The molecule has 1 aliphatic rings. The monoisotopic (exact) mass is 368 g/mol. The van der Waals surface area contributed by atoms with Gasteiger partial charge in [-0.25, -0.2) is 4.98 Å². The van der Waals surface area contributed by atoms with E-state index in [4.69, 9.17) is 4.74 Å². The number of pyridine rings is 1. The van der Waals surface area contributed by atoms with Crippen molar-refractivity contribution in [2.45, 2.75) is 13.3 Å². The van der Waals surface area contributed by atoms with Gasteiger partial charge >= 0.3 is 0 Å². The summed E-state index contributed by atoms with van der Waals surface area (Å²) in [4.78, 5) is 21.4. The predicted octanol–water partition coefficient (Wildman–Crippen LogP) is 2.52. The third-order valence-corrected chi connectivity index (χ3v) is 5.01. The molecule has 1 N–H and O–H groups in total. The van der Waals surface area contributed by atoms with Crippen LogP contribution in [0.5, 0.6) is 5.75 Å². The van der Waals surface area contributed by atoms with Gasteiger partial charge in [-0.2, -0.15) is 0 Å². The molecule has 6 heteroatoms. The van der Waals surface area contributed by atoms with Gasteiger partial charge in [0.15, 0.2) is 0 Å². The Morgan fingerprint density at radius 2 is 1.96 bits per heavy atom. The van der Waals surface area contributed by atoms with Gasteiger partial charge in [0.05, 0.1) is 7.11 Å². The normalized spacial score (nSPS) is 14.8. The molecule has 3 rings (SSSR count). The lowest BCUT2D eigenvalue weighted by molar-refractivity contribution is 0.0643. The summed E-state index contributed by atoms with van der Waals surface area (Å²) in [5, 5.41) is 3.31. The number of ether oxygens (including phenoxy) is 1. The quantitative estimate of drug-likeness (QED) is 0.814. The lowest BCUT2D eigenvalue weighted by atomic mass is 10.1. The van der Waals surface area contributed by atoms with Gasteiger partial charge in [0.2, 0.25) is 0 Å². The van der Waals surface area contributed by atoms with E-state index in [9.17, 15) is 4.79 Å². The van der Waals surface area contributed by atoms with Crippen LogP contribution in [-0.2, 0) is 6.42 Å². The average Bonchev–Trinajstić information content (AvgIpc) is 2.74. The first kappa shape index (κ1) is 19.2. The zero-order chi connectivity index (χ0) is 19.1. The number of carbonyl (C=O) groups excluding carboxylic acids is 1. The second kappa shape index (κ2) is 9.37. The summed E-state index contributed by atoms with van der Waals surface area (Å²) < 4.78 is 5.38. The lowest BCUT2D eigenvalue weighted by Crippen LogP contribution is -2.48. The average molecular weight is 368 g/mol. The third-order valence-electron chi connectivity index (χ3n) is 5.01. The van der Waals surface area contributed by atoms with Gasteiger partial charge in [-0.15, -0.1) is 0 Å². The molecule has 0 spiro atoms. The fourth-order valence-electron chi connectivity index (χ4n) is 3.34. The summed E-state index contributed by atoms with van der Waals surface area (Å²) in [5.74, 6) is 1.70. The second-order valence-electron chi connectivity index (χ2n) is 6.64. The van der Waals surface area contributed by atoms with Crippen LogP contribution in [0.1, 0.15) is 22.8 Å². The molecule has 2 heterocycles. The Balaban J connectivity index is 1.56. The Morgan fingerprint density at radius 1 is 1.19 bits per heavy atom. The Morgan fingerprint density at radius 3 is 2.70 bits per heavy atom. The van der Waals surface area contributed by atoms with Crippen LogP contribution >= 0.6 is 0 Å². The van der Waals surface area contributed by atoms with E-state index in [2.05, 4.69) is 28.2 Å². The molecule has 6 nitrogen and oxygen atoms in total. The van der Waals surface area contributed by atoms with Crippen LogP contribution in [0.3, 0.4) is 0 Å². The number of nitrogens with zero attached hydrogens (tertiary/aromatic N) is 3. The number of hydrogen-bond acceptors (Lipinski definition) is 5. The fraction of sp³-hybridized carbons (Fsp3) is 0.429. The highest BCUT2D eigenvalue weighted by atomic mass is 16.5. The molecule has 0 unspecified atom stereocenters. The zero-order valence-electron chi connectivity index (χ0n) is 16.1. The SMILES string of the molecule is CCN1CCN(C(=O)c2ccnc(NCCc3ccccc3OC)c2)CC1. The van der Waals surface area contributed by atoms with Crippen LogP contribution in [0.4, 0.5) is 5.82 Å². The summed E-state index contributed by atoms with van der Waals surface area (Å²) in [7, 11) is 1.68. The Bertz CT molecular complexity index is 757. The molecular weight excluding hydrogens is 340 g/mol. The minimum atomic E-state index is 0.0842. The number of nitrogens with one attached hydrogen (secondary N) is 1. The number of para-hydroxylation sites is 1. The number of benzene rings is 1. The molecule has 0 radical (unpaired) electrons. The maximum atomic E-state index is 12.8. The van der Waals surface area contributed by atoms with Crippen molar-refractivity contribution in [1.29, 1.82) is 0 Å². The number of anilines is 1. The molecule has 27 heavy (non-hydrogen) atoms. The van der Waals surface area contributed by atoms with E-state index in [-0.39, 0.29) is 5.91 Å². The van der Waals surface area contributed by atoms with E-state index >= 15 is 0 Å². The summed E-state index contributed by atoms with van der Waals surface area (Å²) in [6.07, 6.45) is 2.52. The van der Waals surface area contributed by atoms with Crippen LogP contribution in [0.25, 0.3) is 0 Å². The van der Waals surface area contributed by atoms with Crippen molar-refractivity contribution in [3.8, 4) is 5.75 Å². The second-order valence-corrected chi connectivity index (χ2v) is 6.64. The highest BCUT2D eigenvalue weighted by molar-refractivity contribution is 5.94. The van der Waals surface area contributed by atoms with Crippen molar-refractivity contribution >= 4 is 11.7 Å². The summed E-state index contributed by atoms with van der Waals surface area (Å²) >= 11 is 0. The number of hydrogen-bond donors (Lipinski definition) is 1. The Hall–Kier alpha value is -2.60. The summed E-state index contributed by atoms with van der Waals surface area (Å²) in [5.41, 5.74) is 1.84. The van der Waals surface area contributed by atoms with E-state index in [1.165, 1.54) is 0 Å². The van der Waals surface area contributed by atoms with Gasteiger partial charge < -0.3 is 19.9 Å². The van der Waals surface area contributed by atoms with Crippen molar-refractivity contribution in [2.75, 3.05) is 51.7 Å². The van der Waals surface area contributed by atoms with Gasteiger partial charge in [-0.1, -0.05) is 25.1 Å². The van der Waals surface area contributed by atoms with Crippen molar-refractivity contribution < 1.29 is 9.53 Å². The minimum Gasteiger partial charge on any atom is -0.496 e. The Labute approximate surface area is 161 Å². The molecule has 144 valence electrons. The molecule has 1 amide bonds. The molecule has 2 aromatic rings. The molecule has 0 atom stereocenters. The van der Waals surface area contributed by atoms with Gasteiger partial charge in [0, 0.05) is 44.5 Å². The molecule has 1 saturated heterocycles. The summed E-state index contributed by atoms with van der Waals surface area (Å²) in [6, 6.07) is 11.6. The standard InChI is InChI=1S/C21H28N4O2/c1-3-24-12-14-25(15-13-24)21(26)18-9-11-23-20(16-18)22-10-8-17-6-4-5-7-19(17)27-2/h4-7,9,11,16H,3,8,10,12-15H2,1-2H3,(H,22,23). The van der Waals surface area contributed by atoms with E-state index < -0.39 is 0 Å². The predicted molar refractivity (Wildman–Crippen MR) is 107 cm³/mol. The molecule has 0 aliphatic carbocycles. The number of carbonyl (C=O) groups is 1. The number of amides is 1. The van der Waals surface area contributed by atoms with Gasteiger partial charge in [-0.3, -0.25) is 4.79 Å². The third kappa shape index (κ3) is 4.98. The maximum absolute atomic E-state index is 12.8. The van der Waals surface area contributed by atoms with Crippen LogP contribution in [-0.4, -0.2) is 67.1 Å². The van der Waals surface area contributed by atoms with Crippen LogP contribution in [0.15, 0.2) is 42.6 Å². The van der Waals surface area contributed by atoms with Gasteiger partial charge in [-0.05, 0) is 36.7 Å². The van der Waals surface area contributed by atoms with E-state index in [1.807, 2.05) is 29.2 Å². The topological polar surface area (TPSA) is 57.7 Å². The highest BCUT2D eigenvalue weighted by Crippen LogP contribution is 2.18. The van der Waals surface area contributed by atoms with Crippen LogP contribution in [0.2, 0.25) is 0 Å². The smallest absolute Gasteiger partial charge is 0.254 e. The van der Waals surface area contributed by atoms with Gasteiger partial charge in [0.25, 0.3) is 5.91 Å². The van der Waals surface area contributed by atoms with Crippen molar-refractivity contribution in [2.24, 2.45) is 0 Å². The number of aromatic nitrogens is 1. The number of likely N-dealkylation sites (N-methyl/N-ethyl adjacent to an activating group) is 1. The van der Waals surface area contributed by atoms with E-state index in [0.717, 1.165) is 62.8 Å². The largest absolute Gasteiger partial charge is 0.496 e. The highest BCUT2D eigenvalue weighted by Gasteiger charge is 2.21. The number of rotatable bonds is 7. The van der Waals surface area contributed by atoms with E-state index in [1.54, 1.807) is 19.4 Å². The number of piperazine rings is 1. The lowest BCUT2D eigenvalue weighted by Gasteiger charge is -2.34. The van der Waals surface area contributed by atoms with Crippen LogP contribution < -0.4 is 10.1 Å². The molecular formula is C21H28N4O2. The fourth-order valence-corrected chi connectivity index (χ4v) is 3.34. The Kier molecular flexibility index (Phi) is 6.65. The molecule has 1 aliphatic heterocycles. The van der Waals surface area contributed by atoms with Crippen molar-refractivity contribution in [1.82, 2.24) is 14.8 Å². The summed E-state index contributed by atoms with van der Waals surface area (Å²) in [6.45, 7) is 7.37. The first-order chi connectivity index (χ1) is 13.2.